The Bertz CT molecular complexity index is 1340. The van der Waals surface area contributed by atoms with Crippen molar-refractivity contribution in [2.45, 2.75) is 122 Å². The van der Waals surface area contributed by atoms with E-state index in [1.54, 1.807) is 25.7 Å². The number of amides is 3. The number of likely N-dealkylation sites (tertiary alicyclic amines) is 1. The maximum atomic E-state index is 12.2. The van der Waals surface area contributed by atoms with Gasteiger partial charge in [-0.2, -0.15) is 0 Å². The van der Waals surface area contributed by atoms with Crippen LogP contribution >= 0.6 is 11.6 Å². The molecule has 0 spiro atoms. The van der Waals surface area contributed by atoms with Gasteiger partial charge >= 0.3 is 0 Å². The molecule has 1 radical (unpaired) electrons. The third kappa shape index (κ3) is 19.6. The molecule has 3 amide bonds. The Kier molecular flexibility index (Phi) is 25.0. The number of carbonyl (C=O) groups excluding carboxylic acids is 3. The van der Waals surface area contributed by atoms with E-state index < -0.39 is 14.8 Å². The number of nitrogens with zero attached hydrogens (tertiary/aromatic N) is 3. The number of aliphatic hydroxyl groups is 1. The van der Waals surface area contributed by atoms with E-state index in [1.807, 2.05) is 23.8 Å². The number of benzene rings is 1. The molecule has 2 heterocycles. The zero-order valence-corrected chi connectivity index (χ0v) is 35.1. The summed E-state index contributed by atoms with van der Waals surface area (Å²) in [5, 5.41) is 23.2. The molecule has 1 atom stereocenters. The summed E-state index contributed by atoms with van der Waals surface area (Å²) in [6, 6.07) is 6.20. The molecule has 13 nitrogen and oxygen atoms in total. The second-order valence-electron chi connectivity index (χ2n) is 13.1. The van der Waals surface area contributed by atoms with E-state index in [4.69, 9.17) is 26.6 Å². The van der Waals surface area contributed by atoms with Crippen LogP contribution in [0.5, 0.6) is 0 Å². The molecule has 1 unspecified atom stereocenters. The number of sulfonamides is 1. The van der Waals surface area contributed by atoms with Gasteiger partial charge in [-0.3, -0.25) is 28.8 Å². The minimum atomic E-state index is -3.35. The average Bonchev–Trinajstić information content (AvgIpc) is 3.92. The maximum Gasteiger partial charge on any atom is 0.290 e. The first-order valence-electron chi connectivity index (χ1n) is 17.2. The fraction of sp³-hybridized carbons (Fsp3) is 0.657. The van der Waals surface area contributed by atoms with Gasteiger partial charge in [0.2, 0.25) is 28.2 Å². The van der Waals surface area contributed by atoms with Crippen LogP contribution in [0.1, 0.15) is 96.6 Å². The SMILES string of the molecule is C/C=C\CCCC[N-]CC(=O)N1CCCC1C(=O)NC1CC1.CC(C)O.CC1(S(=O)(=O)NC=O)CC1.CN1Cc2cccc(Cl)c2C1.O=CO.[Y]. The fourth-order valence-corrected chi connectivity index (χ4v) is 6.28. The number of halogens is 1. The molecule has 1 aromatic rings. The van der Waals surface area contributed by atoms with Gasteiger partial charge in [0, 0.05) is 69.5 Å². The summed E-state index contributed by atoms with van der Waals surface area (Å²) in [5.41, 5.74) is 2.68. The topological polar surface area (TPSA) is 188 Å². The summed E-state index contributed by atoms with van der Waals surface area (Å²) in [7, 11) is -1.25. The number of fused-ring (bicyclic) bond motifs is 1. The van der Waals surface area contributed by atoms with Gasteiger partial charge in [0.1, 0.15) is 6.04 Å². The Balaban J connectivity index is 0.000000721. The van der Waals surface area contributed by atoms with E-state index in [9.17, 15) is 22.8 Å². The number of carbonyl (C=O) groups is 4. The van der Waals surface area contributed by atoms with Gasteiger partial charge in [-0.15, -0.1) is 6.54 Å². The monoisotopic (exact) mass is 831 g/mol. The summed E-state index contributed by atoms with van der Waals surface area (Å²) < 4.78 is 23.1. The van der Waals surface area contributed by atoms with Gasteiger partial charge in [0.15, 0.2) is 0 Å². The molecule has 2 saturated carbocycles. The molecule has 16 heteroatoms. The van der Waals surface area contributed by atoms with E-state index in [0.29, 0.717) is 25.4 Å². The van der Waals surface area contributed by atoms with Crippen LogP contribution < -0.4 is 10.0 Å². The minimum Gasteiger partial charge on any atom is -0.654 e. The molecule has 2 aliphatic heterocycles. The molecule has 4 aliphatic rings. The van der Waals surface area contributed by atoms with Crippen molar-refractivity contribution in [1.29, 1.82) is 0 Å². The van der Waals surface area contributed by atoms with E-state index in [1.165, 1.54) is 11.1 Å². The number of nitrogens with one attached hydrogen (secondary N) is 2. The number of hydrogen-bond acceptors (Lipinski definition) is 8. The zero-order chi connectivity index (χ0) is 37.7. The molecule has 0 bridgehead atoms. The van der Waals surface area contributed by atoms with E-state index in [-0.39, 0.29) is 76.1 Å². The first-order valence-corrected chi connectivity index (χ1v) is 19.0. The smallest absolute Gasteiger partial charge is 0.290 e. The average molecular weight is 832 g/mol. The van der Waals surface area contributed by atoms with E-state index in [2.05, 4.69) is 40.8 Å². The molecule has 1 aromatic carbocycles. The zero-order valence-electron chi connectivity index (χ0n) is 30.7. The summed E-state index contributed by atoms with van der Waals surface area (Å²) in [4.78, 5) is 46.5. The minimum absolute atomic E-state index is 0. The van der Waals surface area contributed by atoms with Crippen LogP contribution in [0.3, 0.4) is 0 Å². The second kappa shape index (κ2) is 25.9. The summed E-state index contributed by atoms with van der Waals surface area (Å²) in [6.07, 6.45) is 12.6. The maximum absolute atomic E-state index is 12.2. The van der Waals surface area contributed by atoms with Crippen molar-refractivity contribution in [3.63, 3.8) is 0 Å². The first-order chi connectivity index (χ1) is 23.7. The van der Waals surface area contributed by atoms with Gasteiger partial charge < -0.3 is 25.7 Å². The molecule has 51 heavy (non-hydrogen) atoms. The molecule has 0 aromatic heterocycles. The number of hydrogen-bond donors (Lipinski definition) is 4. The van der Waals surface area contributed by atoms with E-state index >= 15 is 0 Å². The van der Waals surface area contributed by atoms with Crippen LogP contribution in [0.4, 0.5) is 0 Å². The predicted molar refractivity (Wildman–Crippen MR) is 196 cm³/mol. The van der Waals surface area contributed by atoms with Crippen molar-refractivity contribution in [2.75, 3.05) is 26.7 Å². The third-order valence-corrected chi connectivity index (χ3v) is 10.6. The van der Waals surface area contributed by atoms with Gasteiger partial charge in [-0.25, -0.2) is 8.42 Å². The van der Waals surface area contributed by atoms with Crippen LogP contribution in [0.15, 0.2) is 30.4 Å². The summed E-state index contributed by atoms with van der Waals surface area (Å²) in [6.45, 7) is 10.5. The first kappa shape index (κ1) is 49.1. The number of allylic oxidation sites excluding steroid dienone is 2. The number of aliphatic hydroxyl groups excluding tert-OH is 1. The molecule has 3 fully saturated rings. The van der Waals surface area contributed by atoms with Crippen LogP contribution in [0, 0.1) is 0 Å². The van der Waals surface area contributed by atoms with Gasteiger partial charge in [-0.05, 0) is 96.9 Å². The fourth-order valence-electron chi connectivity index (χ4n) is 4.98. The van der Waals surface area contributed by atoms with Crippen molar-refractivity contribution in [2.24, 2.45) is 0 Å². The molecule has 4 N–H and O–H groups in total. The van der Waals surface area contributed by atoms with Crippen molar-refractivity contribution >= 4 is 46.3 Å². The molecule has 2 aliphatic carbocycles. The van der Waals surface area contributed by atoms with Gasteiger partial charge in [0.05, 0.1) is 4.75 Å². The van der Waals surface area contributed by atoms with Crippen molar-refractivity contribution < 1.29 is 70.5 Å². The van der Waals surface area contributed by atoms with Gasteiger partial charge in [0.25, 0.3) is 6.47 Å². The number of rotatable bonds is 12. The number of unbranched alkanes of at least 4 members (excludes halogenated alkanes) is 2. The largest absolute Gasteiger partial charge is 0.654 e. The number of carboxylic acid groups (broad SMARTS) is 1. The summed E-state index contributed by atoms with van der Waals surface area (Å²) in [5.74, 6) is 0.0293. The second-order valence-corrected chi connectivity index (χ2v) is 15.8. The van der Waals surface area contributed by atoms with Crippen molar-refractivity contribution in [3.05, 3.63) is 51.8 Å². The predicted octanol–water partition coefficient (Wildman–Crippen LogP) is 4.36. The van der Waals surface area contributed by atoms with Crippen LogP contribution in [-0.4, -0.2) is 103 Å². The van der Waals surface area contributed by atoms with Crippen LogP contribution in [-0.2, 0) is 75.0 Å². The Morgan fingerprint density at radius 1 is 1.14 bits per heavy atom. The molecular formula is C35H57ClN5O8SY-. The standard InChI is InChI=1S/C17H28N3O2.C9H10ClN.C5H9NO3S.C3H8O.CH2O2.Y/c1-2-3-4-5-6-11-18-13-16(21)20-12-7-8-15(20)17(22)19-14-9-10-14;1-11-5-7-3-2-4-9(10)8(7)6-11;1-5(2-3-5)10(8,9)6-4-7;1-3(2)4;2-1-3;/h2-3,14-15H,4-13H2,1H3,(H,19,22);2-4H,5-6H2,1H3;4H,2-3H2,1H3,(H,6,7);3-4H,1-2H3;1H,(H,2,3);/q-1;;;;;/b3-2-;;;;;. The molecule has 1 saturated heterocycles. The quantitative estimate of drug-likeness (QED) is 0.135. The Morgan fingerprint density at radius 2 is 1.76 bits per heavy atom. The molecule has 287 valence electrons. The van der Waals surface area contributed by atoms with Crippen LogP contribution in [0.25, 0.3) is 5.32 Å². The normalized spacial score (nSPS) is 18.1. The van der Waals surface area contributed by atoms with E-state index in [0.717, 1.165) is 69.6 Å². The molecular weight excluding hydrogens is 775 g/mol. The van der Waals surface area contributed by atoms with Crippen LogP contribution in [0.2, 0.25) is 5.02 Å². The Hall–Kier alpha value is -1.94. The molecule has 5 rings (SSSR count). The Labute approximate surface area is 334 Å². The Morgan fingerprint density at radius 3 is 2.29 bits per heavy atom. The summed E-state index contributed by atoms with van der Waals surface area (Å²) >= 11 is 6.01. The van der Waals surface area contributed by atoms with Gasteiger partial charge in [-0.1, -0.05) is 55.3 Å². The third-order valence-electron chi connectivity index (χ3n) is 8.11. The van der Waals surface area contributed by atoms with Crippen molar-refractivity contribution in [3.8, 4) is 0 Å². The van der Waals surface area contributed by atoms with Crippen molar-refractivity contribution in [1.82, 2.24) is 19.8 Å².